The maximum Gasteiger partial charge on any atom is 0.337 e. The first kappa shape index (κ1) is 26.0. The van der Waals surface area contributed by atoms with Gasteiger partial charge in [0.1, 0.15) is 5.01 Å². The van der Waals surface area contributed by atoms with Gasteiger partial charge in [0, 0.05) is 33.3 Å². The number of aromatic nitrogens is 3. The molecule has 2 aromatic heterocycles. The van der Waals surface area contributed by atoms with Crippen molar-refractivity contribution >= 4 is 50.0 Å². The van der Waals surface area contributed by atoms with Gasteiger partial charge in [-0.1, -0.05) is 23.7 Å². The first-order valence-electron chi connectivity index (χ1n) is 12.7. The second kappa shape index (κ2) is 9.71. The lowest BCUT2D eigenvalue weighted by atomic mass is 9.91. The number of hydrogen-bond acceptors (Lipinski definition) is 6. The minimum atomic E-state index is -1.15. The van der Waals surface area contributed by atoms with Crippen molar-refractivity contribution in [3.8, 4) is 21.7 Å². The molecule has 7 nitrogen and oxygen atoms in total. The number of halogens is 1. The van der Waals surface area contributed by atoms with E-state index in [2.05, 4.69) is 12.3 Å². The molecule has 1 atom stereocenters. The van der Waals surface area contributed by atoms with Crippen LogP contribution in [-0.2, 0) is 14.3 Å². The normalized spacial score (nSPS) is 15.1. The minimum Gasteiger partial charge on any atom is -0.479 e. The molecular formula is C30H28ClN3O4S. The lowest BCUT2D eigenvalue weighted by Crippen LogP contribution is -2.30. The van der Waals surface area contributed by atoms with Gasteiger partial charge in [0.2, 0.25) is 0 Å². The van der Waals surface area contributed by atoms with Crippen molar-refractivity contribution in [2.45, 2.75) is 45.4 Å². The SMILES string of the molecule is Cc1cc2nc(-c3ccc4nn(C5COC5)cc4c3)sc2c(-c2ccc(Cl)cc2)c1[C@H](OC(C)(C)C)C(=O)O. The Bertz CT molecular complexity index is 1710. The molecule has 0 saturated carbocycles. The lowest BCUT2D eigenvalue weighted by molar-refractivity contribution is -0.160. The summed E-state index contributed by atoms with van der Waals surface area (Å²) in [5.74, 6) is -1.04. The third-order valence-corrected chi connectivity index (χ3v) is 8.17. The second-order valence-corrected chi connectivity index (χ2v) is 12.3. The van der Waals surface area contributed by atoms with Gasteiger partial charge in [0.15, 0.2) is 6.10 Å². The van der Waals surface area contributed by atoms with Crippen molar-refractivity contribution in [3.63, 3.8) is 0 Å². The molecule has 39 heavy (non-hydrogen) atoms. The molecule has 3 aromatic carbocycles. The third-order valence-electron chi connectivity index (χ3n) is 6.78. The largest absolute Gasteiger partial charge is 0.479 e. The first-order valence-corrected chi connectivity index (χ1v) is 13.9. The van der Waals surface area contributed by atoms with E-state index in [1.54, 1.807) is 11.3 Å². The Morgan fingerprint density at radius 2 is 1.85 bits per heavy atom. The number of aryl methyl sites for hydroxylation is 1. The van der Waals surface area contributed by atoms with E-state index in [1.165, 1.54) is 0 Å². The molecular weight excluding hydrogens is 534 g/mol. The van der Waals surface area contributed by atoms with Crippen molar-refractivity contribution in [2.24, 2.45) is 0 Å². The Hall–Kier alpha value is -3.30. The fourth-order valence-electron chi connectivity index (χ4n) is 4.90. The van der Waals surface area contributed by atoms with Crippen molar-refractivity contribution in [2.75, 3.05) is 13.2 Å². The third kappa shape index (κ3) is 4.94. The average molecular weight is 562 g/mol. The number of fused-ring (bicyclic) bond motifs is 2. The molecule has 0 amide bonds. The van der Waals surface area contributed by atoms with E-state index in [4.69, 9.17) is 31.2 Å². The molecule has 1 aliphatic rings. The van der Waals surface area contributed by atoms with Gasteiger partial charge < -0.3 is 14.6 Å². The zero-order valence-electron chi connectivity index (χ0n) is 22.1. The molecule has 3 heterocycles. The maximum atomic E-state index is 12.6. The van der Waals surface area contributed by atoms with Crippen molar-refractivity contribution in [3.05, 3.63) is 70.9 Å². The summed E-state index contributed by atoms with van der Waals surface area (Å²) in [6.45, 7) is 8.87. The highest BCUT2D eigenvalue weighted by atomic mass is 35.5. The molecule has 1 fully saturated rings. The molecule has 5 aromatic rings. The van der Waals surface area contributed by atoms with E-state index in [1.807, 2.05) is 74.8 Å². The van der Waals surface area contributed by atoms with Gasteiger partial charge in [-0.2, -0.15) is 5.10 Å². The number of carbonyl (C=O) groups is 1. The van der Waals surface area contributed by atoms with E-state index in [0.29, 0.717) is 23.8 Å². The van der Waals surface area contributed by atoms with Gasteiger partial charge >= 0.3 is 5.97 Å². The highest BCUT2D eigenvalue weighted by Gasteiger charge is 2.32. The lowest BCUT2D eigenvalue weighted by Gasteiger charge is -2.28. The van der Waals surface area contributed by atoms with Crippen LogP contribution in [0.4, 0.5) is 0 Å². The number of rotatable bonds is 6. The van der Waals surface area contributed by atoms with Gasteiger partial charge in [-0.25, -0.2) is 9.78 Å². The minimum absolute atomic E-state index is 0.282. The van der Waals surface area contributed by atoms with Crippen LogP contribution in [0, 0.1) is 6.92 Å². The van der Waals surface area contributed by atoms with Gasteiger partial charge in [0.05, 0.1) is 40.6 Å². The number of nitrogens with zero attached hydrogens (tertiary/aromatic N) is 3. The van der Waals surface area contributed by atoms with Crippen LogP contribution in [0.25, 0.3) is 42.8 Å². The van der Waals surface area contributed by atoms with Crippen LogP contribution in [0.15, 0.2) is 54.7 Å². The monoisotopic (exact) mass is 561 g/mol. The molecule has 1 saturated heterocycles. The fraction of sp³-hybridized carbons (Fsp3) is 0.300. The smallest absolute Gasteiger partial charge is 0.337 e. The molecule has 0 radical (unpaired) electrons. The maximum absolute atomic E-state index is 12.6. The summed E-state index contributed by atoms with van der Waals surface area (Å²) in [6, 6.07) is 15.9. The highest BCUT2D eigenvalue weighted by Crippen LogP contribution is 2.44. The Morgan fingerprint density at radius 3 is 2.49 bits per heavy atom. The van der Waals surface area contributed by atoms with Crippen LogP contribution in [0.3, 0.4) is 0 Å². The van der Waals surface area contributed by atoms with Gasteiger partial charge in [-0.3, -0.25) is 4.68 Å². The van der Waals surface area contributed by atoms with E-state index in [0.717, 1.165) is 48.4 Å². The van der Waals surface area contributed by atoms with Crippen LogP contribution < -0.4 is 0 Å². The summed E-state index contributed by atoms with van der Waals surface area (Å²) < 4.78 is 14.3. The summed E-state index contributed by atoms with van der Waals surface area (Å²) in [5.41, 5.74) is 5.16. The molecule has 0 bridgehead atoms. The van der Waals surface area contributed by atoms with Gasteiger partial charge in [-0.05, 0) is 75.2 Å². The molecule has 0 unspecified atom stereocenters. The Labute approximate surface area is 235 Å². The summed E-state index contributed by atoms with van der Waals surface area (Å²) in [6.07, 6.45) is 0.908. The number of hydrogen-bond donors (Lipinski definition) is 1. The highest BCUT2D eigenvalue weighted by molar-refractivity contribution is 7.22. The summed E-state index contributed by atoms with van der Waals surface area (Å²) in [5, 5.41) is 17.5. The van der Waals surface area contributed by atoms with Crippen LogP contribution >= 0.6 is 22.9 Å². The molecule has 6 rings (SSSR count). The Kier molecular flexibility index (Phi) is 6.46. The van der Waals surface area contributed by atoms with Gasteiger partial charge in [-0.15, -0.1) is 11.3 Å². The molecule has 0 aliphatic carbocycles. The molecule has 9 heteroatoms. The van der Waals surface area contributed by atoms with Crippen LogP contribution in [0.2, 0.25) is 5.02 Å². The van der Waals surface area contributed by atoms with E-state index < -0.39 is 17.7 Å². The summed E-state index contributed by atoms with van der Waals surface area (Å²) >= 11 is 7.76. The number of ether oxygens (including phenoxy) is 2. The van der Waals surface area contributed by atoms with Crippen LogP contribution in [-0.4, -0.2) is 44.7 Å². The Balaban J connectivity index is 1.54. The molecule has 1 aliphatic heterocycles. The molecule has 200 valence electrons. The quantitative estimate of drug-likeness (QED) is 0.232. The fourth-order valence-corrected chi connectivity index (χ4v) is 6.15. The zero-order chi connectivity index (χ0) is 27.5. The number of thiazole rings is 1. The van der Waals surface area contributed by atoms with Crippen molar-refractivity contribution in [1.29, 1.82) is 0 Å². The first-order chi connectivity index (χ1) is 18.6. The standard InChI is InChI=1S/C30H28ClN3O4S/c1-16-11-23-27(25(17-5-8-20(31)9-6-17)24(16)26(29(35)36)38-30(2,3)4)39-28(32-23)18-7-10-22-19(12-18)13-34(33-22)21-14-37-15-21/h5-13,21,26H,14-15H2,1-4H3,(H,35,36)/t26-/m0/s1. The van der Waals surface area contributed by atoms with Crippen molar-refractivity contribution in [1.82, 2.24) is 14.8 Å². The van der Waals surface area contributed by atoms with Crippen molar-refractivity contribution < 1.29 is 19.4 Å². The number of carboxylic acids is 1. The van der Waals surface area contributed by atoms with E-state index >= 15 is 0 Å². The molecule has 1 N–H and O–H groups in total. The van der Waals surface area contributed by atoms with Crippen LogP contribution in [0.1, 0.15) is 44.0 Å². The second-order valence-electron chi connectivity index (χ2n) is 10.9. The Morgan fingerprint density at radius 1 is 1.13 bits per heavy atom. The van der Waals surface area contributed by atoms with E-state index in [9.17, 15) is 9.90 Å². The molecule has 0 spiro atoms. The average Bonchev–Trinajstić information content (AvgIpc) is 3.44. The topological polar surface area (TPSA) is 86.5 Å². The zero-order valence-corrected chi connectivity index (χ0v) is 23.6. The predicted molar refractivity (Wildman–Crippen MR) is 155 cm³/mol. The number of aliphatic carboxylic acids is 1. The summed E-state index contributed by atoms with van der Waals surface area (Å²) in [4.78, 5) is 17.6. The van der Waals surface area contributed by atoms with Gasteiger partial charge in [0.25, 0.3) is 0 Å². The number of carboxylic acid groups (broad SMARTS) is 1. The number of benzene rings is 3. The summed E-state index contributed by atoms with van der Waals surface area (Å²) in [7, 11) is 0. The van der Waals surface area contributed by atoms with Crippen LogP contribution in [0.5, 0.6) is 0 Å². The predicted octanol–water partition coefficient (Wildman–Crippen LogP) is 7.45. The van der Waals surface area contributed by atoms with E-state index in [-0.39, 0.29) is 6.04 Å².